The lowest BCUT2D eigenvalue weighted by atomic mass is 9.74. The minimum atomic E-state index is 0.462. The van der Waals surface area contributed by atoms with Crippen LogP contribution < -0.4 is 0 Å². The number of carbonyl (C=O) groups excluding carboxylic acids is 1. The maximum Gasteiger partial charge on any atom is 0.133 e. The van der Waals surface area contributed by atoms with E-state index in [9.17, 15) is 4.79 Å². The Kier molecular flexibility index (Phi) is 2.78. The first-order valence-electron chi connectivity index (χ1n) is 6.88. The van der Waals surface area contributed by atoms with Crippen LogP contribution >= 0.6 is 0 Å². The van der Waals surface area contributed by atoms with Gasteiger partial charge in [-0.15, -0.1) is 0 Å². The van der Waals surface area contributed by atoms with Gasteiger partial charge < -0.3 is 0 Å². The van der Waals surface area contributed by atoms with Crippen LogP contribution in [0.4, 0.5) is 0 Å². The van der Waals surface area contributed by atoms with Crippen LogP contribution in [0.5, 0.6) is 0 Å². The van der Waals surface area contributed by atoms with Gasteiger partial charge in [-0.05, 0) is 54.2 Å². The monoisotopic (exact) mass is 228 g/mol. The van der Waals surface area contributed by atoms with Crippen LogP contribution in [0.15, 0.2) is 18.2 Å². The molecular formula is C16H20O. The number of ketones is 1. The van der Waals surface area contributed by atoms with Gasteiger partial charge >= 0.3 is 0 Å². The highest BCUT2D eigenvalue weighted by atomic mass is 16.1. The van der Waals surface area contributed by atoms with Crippen LogP contribution in [0, 0.1) is 5.92 Å². The van der Waals surface area contributed by atoms with E-state index in [1.807, 2.05) is 0 Å². The molecule has 2 unspecified atom stereocenters. The molecule has 0 bridgehead atoms. The summed E-state index contributed by atoms with van der Waals surface area (Å²) in [7, 11) is 0. The minimum Gasteiger partial charge on any atom is -0.300 e. The van der Waals surface area contributed by atoms with Crippen molar-refractivity contribution in [1.29, 1.82) is 0 Å². The van der Waals surface area contributed by atoms with Gasteiger partial charge in [0.2, 0.25) is 0 Å². The van der Waals surface area contributed by atoms with Crippen molar-refractivity contribution in [2.45, 2.75) is 51.4 Å². The molecule has 2 atom stereocenters. The van der Waals surface area contributed by atoms with Crippen LogP contribution in [0.25, 0.3) is 0 Å². The zero-order chi connectivity index (χ0) is 11.8. The molecule has 0 amide bonds. The highest BCUT2D eigenvalue weighted by Gasteiger charge is 2.30. The van der Waals surface area contributed by atoms with Crippen molar-refractivity contribution in [3.63, 3.8) is 0 Å². The molecule has 1 nitrogen and oxygen atoms in total. The van der Waals surface area contributed by atoms with Crippen LogP contribution in [0.3, 0.4) is 0 Å². The van der Waals surface area contributed by atoms with Crippen molar-refractivity contribution in [1.82, 2.24) is 0 Å². The van der Waals surface area contributed by atoms with Gasteiger partial charge in [0.05, 0.1) is 0 Å². The number of carbonyl (C=O) groups is 1. The van der Waals surface area contributed by atoms with E-state index >= 15 is 0 Å². The number of Topliss-reactive ketones (excluding diaryl/α,β-unsaturated/α-hetero) is 1. The summed E-state index contributed by atoms with van der Waals surface area (Å²) in [4.78, 5) is 11.7. The second kappa shape index (κ2) is 4.29. The normalized spacial score (nSPS) is 28.2. The first-order chi connectivity index (χ1) is 8.25. The highest BCUT2D eigenvalue weighted by Crippen LogP contribution is 2.40. The van der Waals surface area contributed by atoms with Crippen LogP contribution in [-0.2, 0) is 17.6 Å². The Balaban J connectivity index is 1.98. The van der Waals surface area contributed by atoms with Gasteiger partial charge in [0.15, 0.2) is 0 Å². The van der Waals surface area contributed by atoms with Crippen molar-refractivity contribution < 1.29 is 4.79 Å². The Morgan fingerprint density at radius 1 is 1.18 bits per heavy atom. The Bertz CT molecular complexity index is 447. The molecule has 3 rings (SSSR count). The van der Waals surface area contributed by atoms with Crippen molar-refractivity contribution in [3.05, 3.63) is 34.9 Å². The van der Waals surface area contributed by atoms with Gasteiger partial charge in [0, 0.05) is 12.8 Å². The topological polar surface area (TPSA) is 17.1 Å². The van der Waals surface area contributed by atoms with E-state index in [0.717, 1.165) is 19.3 Å². The lowest BCUT2D eigenvalue weighted by molar-refractivity contribution is -0.121. The zero-order valence-electron chi connectivity index (χ0n) is 10.5. The molecule has 1 aromatic rings. The fraction of sp³-hybridized carbons (Fsp3) is 0.562. The third kappa shape index (κ3) is 1.92. The lowest BCUT2D eigenvalue weighted by Crippen LogP contribution is -2.22. The number of hydrogen-bond donors (Lipinski definition) is 0. The van der Waals surface area contributed by atoms with Crippen LogP contribution in [-0.4, -0.2) is 5.78 Å². The van der Waals surface area contributed by atoms with Gasteiger partial charge in [-0.1, -0.05) is 25.1 Å². The molecular weight excluding hydrogens is 208 g/mol. The summed E-state index contributed by atoms with van der Waals surface area (Å²) >= 11 is 0. The molecule has 0 N–H and O–H groups in total. The largest absolute Gasteiger partial charge is 0.300 e. The highest BCUT2D eigenvalue weighted by molar-refractivity contribution is 5.80. The first kappa shape index (κ1) is 11.0. The van der Waals surface area contributed by atoms with Crippen molar-refractivity contribution >= 4 is 5.78 Å². The summed E-state index contributed by atoms with van der Waals surface area (Å²) in [6, 6.07) is 6.72. The Hall–Kier alpha value is -1.11. The van der Waals surface area contributed by atoms with Crippen LogP contribution in [0.1, 0.15) is 55.2 Å². The van der Waals surface area contributed by atoms with Gasteiger partial charge in [0.1, 0.15) is 5.78 Å². The lowest BCUT2D eigenvalue weighted by Gasteiger charge is -2.30. The molecule has 1 fully saturated rings. The van der Waals surface area contributed by atoms with E-state index < -0.39 is 0 Å². The van der Waals surface area contributed by atoms with Gasteiger partial charge in [-0.3, -0.25) is 4.79 Å². The van der Waals surface area contributed by atoms with Crippen LogP contribution in [0.2, 0.25) is 0 Å². The Morgan fingerprint density at radius 2 is 2.06 bits per heavy atom. The average Bonchev–Trinajstić information content (AvgIpc) is 2.80. The third-order valence-electron chi connectivity index (χ3n) is 4.59. The molecule has 0 spiro atoms. The summed E-state index contributed by atoms with van der Waals surface area (Å²) in [5.74, 6) is 1.62. The zero-order valence-corrected chi connectivity index (χ0v) is 10.5. The molecule has 0 saturated heterocycles. The Labute approximate surface area is 103 Å². The quantitative estimate of drug-likeness (QED) is 0.717. The van der Waals surface area contributed by atoms with E-state index in [1.165, 1.54) is 30.4 Å². The maximum atomic E-state index is 11.7. The van der Waals surface area contributed by atoms with Gasteiger partial charge in [-0.2, -0.15) is 0 Å². The molecule has 0 heterocycles. The molecule has 90 valence electrons. The number of aryl methyl sites for hydroxylation is 1. The van der Waals surface area contributed by atoms with E-state index in [1.54, 1.807) is 5.56 Å². The second-order valence-corrected chi connectivity index (χ2v) is 5.70. The standard InChI is InChI=1S/C16H20O/c1-11-8-9-13(17)10-16(11)15-7-3-5-12-4-2-6-14(12)15/h3,5,7,11,16H,2,4,6,8-10H2,1H3. The van der Waals surface area contributed by atoms with Crippen molar-refractivity contribution in [2.75, 3.05) is 0 Å². The molecule has 0 aromatic heterocycles. The molecule has 17 heavy (non-hydrogen) atoms. The summed E-state index contributed by atoms with van der Waals surface area (Å²) < 4.78 is 0. The molecule has 1 saturated carbocycles. The van der Waals surface area contributed by atoms with E-state index in [-0.39, 0.29) is 0 Å². The fourth-order valence-electron chi connectivity index (χ4n) is 3.55. The summed E-state index contributed by atoms with van der Waals surface area (Å²) in [5, 5.41) is 0. The molecule has 0 radical (unpaired) electrons. The molecule has 0 aliphatic heterocycles. The fourth-order valence-corrected chi connectivity index (χ4v) is 3.55. The number of hydrogen-bond acceptors (Lipinski definition) is 1. The SMILES string of the molecule is CC1CCC(=O)CC1c1cccc2c1CCC2. The molecule has 1 heteroatoms. The Morgan fingerprint density at radius 3 is 2.94 bits per heavy atom. The number of benzene rings is 1. The molecule has 2 aliphatic rings. The van der Waals surface area contributed by atoms with E-state index in [0.29, 0.717) is 17.6 Å². The van der Waals surface area contributed by atoms with Gasteiger partial charge in [0.25, 0.3) is 0 Å². The van der Waals surface area contributed by atoms with Crippen molar-refractivity contribution in [2.24, 2.45) is 5.92 Å². The number of rotatable bonds is 1. The second-order valence-electron chi connectivity index (χ2n) is 5.70. The van der Waals surface area contributed by atoms with E-state index in [4.69, 9.17) is 0 Å². The smallest absolute Gasteiger partial charge is 0.133 e. The van der Waals surface area contributed by atoms with E-state index in [2.05, 4.69) is 25.1 Å². The summed E-state index contributed by atoms with van der Waals surface area (Å²) in [6.07, 6.45) is 6.40. The predicted molar refractivity (Wildman–Crippen MR) is 69.2 cm³/mol. The van der Waals surface area contributed by atoms with Crippen molar-refractivity contribution in [3.8, 4) is 0 Å². The third-order valence-corrected chi connectivity index (χ3v) is 4.59. The molecule has 2 aliphatic carbocycles. The number of fused-ring (bicyclic) bond motifs is 1. The molecule has 1 aromatic carbocycles. The predicted octanol–water partition coefficient (Wildman–Crippen LogP) is 3.65. The maximum absolute atomic E-state index is 11.7. The minimum absolute atomic E-state index is 0.462. The average molecular weight is 228 g/mol. The van der Waals surface area contributed by atoms with Gasteiger partial charge in [-0.25, -0.2) is 0 Å². The summed E-state index contributed by atoms with van der Waals surface area (Å²) in [6.45, 7) is 2.31. The first-order valence-corrected chi connectivity index (χ1v) is 6.88. The summed E-state index contributed by atoms with van der Waals surface area (Å²) in [5.41, 5.74) is 4.59.